The van der Waals surface area contributed by atoms with Gasteiger partial charge in [0.25, 0.3) is 0 Å². The number of sulfonamides is 1. The van der Waals surface area contributed by atoms with E-state index in [-0.39, 0.29) is 23.9 Å². The SMILES string of the molecule is Cc1cccc(CN(CC(=O)N2CCOCC2)S(=O)(=O)c2ccc(Cl)cc2)c1. The summed E-state index contributed by atoms with van der Waals surface area (Å²) >= 11 is 5.89. The summed E-state index contributed by atoms with van der Waals surface area (Å²) in [5, 5.41) is 0.452. The van der Waals surface area contributed by atoms with Gasteiger partial charge in [0.1, 0.15) is 0 Å². The molecule has 0 unspecified atom stereocenters. The fraction of sp³-hybridized carbons (Fsp3) is 0.350. The van der Waals surface area contributed by atoms with Gasteiger partial charge in [0.15, 0.2) is 0 Å². The van der Waals surface area contributed by atoms with E-state index in [0.29, 0.717) is 31.3 Å². The van der Waals surface area contributed by atoms with Gasteiger partial charge in [-0.1, -0.05) is 41.4 Å². The third kappa shape index (κ3) is 5.11. The van der Waals surface area contributed by atoms with E-state index in [9.17, 15) is 13.2 Å². The molecule has 1 aliphatic rings. The minimum atomic E-state index is -3.87. The van der Waals surface area contributed by atoms with Gasteiger partial charge in [-0.2, -0.15) is 4.31 Å². The summed E-state index contributed by atoms with van der Waals surface area (Å²) in [7, 11) is -3.87. The molecule has 3 rings (SSSR count). The minimum Gasteiger partial charge on any atom is -0.378 e. The van der Waals surface area contributed by atoms with Crippen molar-refractivity contribution in [1.29, 1.82) is 0 Å². The molecule has 150 valence electrons. The van der Waals surface area contributed by atoms with Crippen LogP contribution < -0.4 is 0 Å². The number of nitrogens with zero attached hydrogens (tertiary/aromatic N) is 2. The van der Waals surface area contributed by atoms with Crippen molar-refractivity contribution >= 4 is 27.5 Å². The summed E-state index contributed by atoms with van der Waals surface area (Å²) < 4.78 is 33.0. The Kier molecular flexibility index (Phi) is 6.72. The fourth-order valence-corrected chi connectivity index (χ4v) is 4.56. The molecule has 8 heteroatoms. The van der Waals surface area contributed by atoms with Crippen molar-refractivity contribution in [3.8, 4) is 0 Å². The van der Waals surface area contributed by atoms with E-state index in [4.69, 9.17) is 16.3 Å². The Morgan fingerprint density at radius 3 is 2.46 bits per heavy atom. The predicted octanol–water partition coefficient (Wildman–Crippen LogP) is 2.70. The summed E-state index contributed by atoms with van der Waals surface area (Å²) in [6, 6.07) is 13.6. The first kappa shape index (κ1) is 20.8. The molecule has 0 saturated carbocycles. The molecule has 0 aliphatic carbocycles. The normalized spacial score (nSPS) is 15.0. The highest BCUT2D eigenvalue weighted by molar-refractivity contribution is 7.89. The molecular weight excluding hydrogens is 400 g/mol. The number of hydrogen-bond donors (Lipinski definition) is 0. The molecule has 1 heterocycles. The number of morpholine rings is 1. The highest BCUT2D eigenvalue weighted by Gasteiger charge is 2.29. The fourth-order valence-electron chi connectivity index (χ4n) is 3.06. The van der Waals surface area contributed by atoms with Gasteiger partial charge in [-0.15, -0.1) is 0 Å². The summed E-state index contributed by atoms with van der Waals surface area (Å²) in [5.74, 6) is -0.228. The summed E-state index contributed by atoms with van der Waals surface area (Å²) in [6.45, 7) is 3.71. The molecule has 0 atom stereocenters. The van der Waals surface area contributed by atoms with E-state index < -0.39 is 10.0 Å². The number of halogens is 1. The first-order chi connectivity index (χ1) is 13.4. The quantitative estimate of drug-likeness (QED) is 0.717. The molecule has 2 aromatic rings. The van der Waals surface area contributed by atoms with Gasteiger partial charge in [0.05, 0.1) is 24.7 Å². The lowest BCUT2D eigenvalue weighted by Gasteiger charge is -2.29. The number of benzene rings is 2. The van der Waals surface area contributed by atoms with E-state index in [2.05, 4.69) is 0 Å². The molecule has 6 nitrogen and oxygen atoms in total. The first-order valence-corrected chi connectivity index (χ1v) is 10.8. The van der Waals surface area contributed by atoms with Crippen LogP contribution >= 0.6 is 11.6 Å². The lowest BCUT2D eigenvalue weighted by atomic mass is 10.1. The Balaban J connectivity index is 1.88. The zero-order valence-electron chi connectivity index (χ0n) is 15.7. The topological polar surface area (TPSA) is 66.9 Å². The van der Waals surface area contributed by atoms with E-state index >= 15 is 0 Å². The third-order valence-electron chi connectivity index (χ3n) is 4.57. The maximum atomic E-state index is 13.2. The van der Waals surface area contributed by atoms with Gasteiger partial charge >= 0.3 is 0 Å². The Morgan fingerprint density at radius 1 is 1.14 bits per heavy atom. The number of carbonyl (C=O) groups is 1. The lowest BCUT2D eigenvalue weighted by Crippen LogP contribution is -2.46. The Morgan fingerprint density at radius 2 is 1.82 bits per heavy atom. The predicted molar refractivity (Wildman–Crippen MR) is 108 cm³/mol. The number of hydrogen-bond acceptors (Lipinski definition) is 4. The van der Waals surface area contributed by atoms with Crippen LogP contribution in [0.4, 0.5) is 0 Å². The van der Waals surface area contributed by atoms with Crippen molar-refractivity contribution in [3.05, 3.63) is 64.7 Å². The van der Waals surface area contributed by atoms with Crippen molar-refractivity contribution in [2.45, 2.75) is 18.4 Å². The number of carbonyl (C=O) groups excluding carboxylic acids is 1. The molecule has 0 bridgehead atoms. The van der Waals surface area contributed by atoms with Crippen molar-refractivity contribution in [2.24, 2.45) is 0 Å². The number of aryl methyl sites for hydroxylation is 1. The van der Waals surface area contributed by atoms with Crippen molar-refractivity contribution in [2.75, 3.05) is 32.8 Å². The summed E-state index contributed by atoms with van der Waals surface area (Å²) in [5.41, 5.74) is 1.85. The van der Waals surface area contributed by atoms with Crippen LogP contribution in [0.1, 0.15) is 11.1 Å². The number of rotatable bonds is 6. The average molecular weight is 423 g/mol. The highest BCUT2D eigenvalue weighted by Crippen LogP contribution is 2.21. The van der Waals surface area contributed by atoms with Gasteiger partial charge in [-0.05, 0) is 36.8 Å². The minimum absolute atomic E-state index is 0.110. The lowest BCUT2D eigenvalue weighted by molar-refractivity contribution is -0.135. The van der Waals surface area contributed by atoms with Gasteiger partial charge in [0.2, 0.25) is 15.9 Å². The Labute approximate surface area is 170 Å². The van der Waals surface area contributed by atoms with Crippen molar-refractivity contribution < 1.29 is 17.9 Å². The molecule has 1 amide bonds. The molecule has 0 aromatic heterocycles. The zero-order valence-corrected chi connectivity index (χ0v) is 17.2. The van der Waals surface area contributed by atoms with E-state index in [1.165, 1.54) is 28.6 Å². The largest absolute Gasteiger partial charge is 0.378 e. The average Bonchev–Trinajstić information content (AvgIpc) is 2.68. The summed E-state index contributed by atoms with van der Waals surface area (Å²) in [4.78, 5) is 14.5. The van der Waals surface area contributed by atoms with E-state index in [1.54, 1.807) is 4.90 Å². The van der Waals surface area contributed by atoms with Crippen LogP contribution in [0, 0.1) is 6.92 Å². The molecule has 0 spiro atoms. The van der Waals surface area contributed by atoms with Crippen LogP contribution in [-0.2, 0) is 26.1 Å². The van der Waals surface area contributed by atoms with Crippen LogP contribution in [0.3, 0.4) is 0 Å². The second-order valence-electron chi connectivity index (χ2n) is 6.71. The Hall–Kier alpha value is -1.93. The van der Waals surface area contributed by atoms with Crippen LogP contribution in [0.25, 0.3) is 0 Å². The molecule has 1 saturated heterocycles. The molecule has 0 N–H and O–H groups in total. The molecule has 2 aromatic carbocycles. The molecular formula is C20H23ClN2O4S. The highest BCUT2D eigenvalue weighted by atomic mass is 35.5. The zero-order chi connectivity index (χ0) is 20.1. The second kappa shape index (κ2) is 9.05. The number of amides is 1. The molecule has 1 aliphatic heterocycles. The third-order valence-corrected chi connectivity index (χ3v) is 6.63. The maximum Gasteiger partial charge on any atom is 0.243 e. The monoisotopic (exact) mass is 422 g/mol. The van der Waals surface area contributed by atoms with Crippen molar-refractivity contribution in [1.82, 2.24) is 9.21 Å². The second-order valence-corrected chi connectivity index (χ2v) is 9.08. The standard InChI is InChI=1S/C20H23ClN2O4S/c1-16-3-2-4-17(13-16)14-23(15-20(24)22-9-11-27-12-10-22)28(25,26)19-7-5-18(21)6-8-19/h2-8,13H,9-12,14-15H2,1H3. The van der Waals surface area contributed by atoms with Gasteiger partial charge in [0, 0.05) is 24.7 Å². The van der Waals surface area contributed by atoms with Crippen molar-refractivity contribution in [3.63, 3.8) is 0 Å². The molecule has 1 fully saturated rings. The van der Waals surface area contributed by atoms with Crippen LogP contribution in [0.15, 0.2) is 53.4 Å². The smallest absolute Gasteiger partial charge is 0.243 e. The first-order valence-electron chi connectivity index (χ1n) is 9.03. The van der Waals surface area contributed by atoms with Gasteiger partial charge in [-0.3, -0.25) is 4.79 Å². The van der Waals surface area contributed by atoms with Crippen LogP contribution in [0.2, 0.25) is 5.02 Å². The molecule has 0 radical (unpaired) electrons. The maximum absolute atomic E-state index is 13.2. The number of ether oxygens (including phenoxy) is 1. The Bertz CT molecular complexity index is 925. The van der Waals surface area contributed by atoms with E-state index in [1.807, 2.05) is 31.2 Å². The van der Waals surface area contributed by atoms with Crippen LogP contribution in [-0.4, -0.2) is 56.4 Å². The van der Waals surface area contributed by atoms with Gasteiger partial charge in [-0.25, -0.2) is 8.42 Å². The van der Waals surface area contributed by atoms with Gasteiger partial charge < -0.3 is 9.64 Å². The molecule has 28 heavy (non-hydrogen) atoms. The summed E-state index contributed by atoms with van der Waals surface area (Å²) in [6.07, 6.45) is 0. The van der Waals surface area contributed by atoms with Crippen LogP contribution in [0.5, 0.6) is 0 Å². The van der Waals surface area contributed by atoms with E-state index in [0.717, 1.165) is 11.1 Å².